The number of carboxylic acid groups (broad SMARTS) is 1. The van der Waals surface area contributed by atoms with Gasteiger partial charge < -0.3 is 15.0 Å². The fraction of sp³-hybridized carbons (Fsp3) is 0.690. The number of aliphatic carboxylic acids is 1. The van der Waals surface area contributed by atoms with Gasteiger partial charge in [-0.25, -0.2) is 9.78 Å². The SMILES string of the molecule is CCC(CC)n1c(CC2CCCCC2)nc2cc(C(=O)N[C@@H](CC3CCCCC3)C(=O)O)ccc21. The van der Waals surface area contributed by atoms with Crippen molar-refractivity contribution in [3.63, 3.8) is 0 Å². The summed E-state index contributed by atoms with van der Waals surface area (Å²) in [6.45, 7) is 4.45. The molecule has 2 fully saturated rings. The summed E-state index contributed by atoms with van der Waals surface area (Å²) in [6.07, 6.45) is 15.8. The van der Waals surface area contributed by atoms with Crippen molar-refractivity contribution in [3.05, 3.63) is 29.6 Å². The number of hydrogen-bond acceptors (Lipinski definition) is 3. The number of amides is 1. The lowest BCUT2D eigenvalue weighted by molar-refractivity contribution is -0.139. The molecule has 2 N–H and O–H groups in total. The van der Waals surface area contributed by atoms with Gasteiger partial charge in [-0.15, -0.1) is 0 Å². The molecule has 1 aromatic carbocycles. The Balaban J connectivity index is 1.56. The molecule has 0 spiro atoms. The molecule has 0 aliphatic heterocycles. The lowest BCUT2D eigenvalue weighted by Gasteiger charge is -2.25. The summed E-state index contributed by atoms with van der Waals surface area (Å²) in [5.74, 6) is 0.941. The van der Waals surface area contributed by atoms with Crippen LogP contribution in [0, 0.1) is 11.8 Å². The van der Waals surface area contributed by atoms with Gasteiger partial charge in [-0.3, -0.25) is 4.79 Å². The monoisotopic (exact) mass is 481 g/mol. The van der Waals surface area contributed by atoms with E-state index in [0.29, 0.717) is 29.9 Å². The first-order valence-corrected chi connectivity index (χ1v) is 14.0. The summed E-state index contributed by atoms with van der Waals surface area (Å²) in [4.78, 5) is 30.0. The normalized spacial score (nSPS) is 18.7. The molecule has 4 rings (SSSR count). The Morgan fingerprint density at radius 2 is 1.63 bits per heavy atom. The summed E-state index contributed by atoms with van der Waals surface area (Å²) in [5, 5.41) is 12.6. The van der Waals surface area contributed by atoms with Gasteiger partial charge in [0.1, 0.15) is 11.9 Å². The fourth-order valence-corrected chi connectivity index (χ4v) is 6.36. The van der Waals surface area contributed by atoms with Crippen molar-refractivity contribution in [2.45, 2.75) is 116 Å². The molecule has 1 atom stereocenters. The summed E-state index contributed by atoms with van der Waals surface area (Å²) < 4.78 is 2.41. The van der Waals surface area contributed by atoms with E-state index in [1.165, 1.54) is 38.5 Å². The minimum atomic E-state index is -0.946. The van der Waals surface area contributed by atoms with Crippen LogP contribution >= 0.6 is 0 Å². The van der Waals surface area contributed by atoms with E-state index in [2.05, 4.69) is 23.7 Å². The van der Waals surface area contributed by atoms with Crippen LogP contribution < -0.4 is 5.32 Å². The molecule has 6 heteroatoms. The molecule has 2 aromatic rings. The lowest BCUT2D eigenvalue weighted by atomic mass is 9.85. The van der Waals surface area contributed by atoms with Crippen LogP contribution in [0.4, 0.5) is 0 Å². The van der Waals surface area contributed by atoms with E-state index >= 15 is 0 Å². The van der Waals surface area contributed by atoms with E-state index in [4.69, 9.17) is 4.98 Å². The number of nitrogens with zero attached hydrogens (tertiary/aromatic N) is 2. The van der Waals surface area contributed by atoms with E-state index in [1.807, 2.05) is 18.2 Å². The van der Waals surface area contributed by atoms with E-state index < -0.39 is 12.0 Å². The highest BCUT2D eigenvalue weighted by atomic mass is 16.4. The minimum absolute atomic E-state index is 0.318. The zero-order valence-corrected chi connectivity index (χ0v) is 21.6. The molecule has 2 saturated carbocycles. The Morgan fingerprint density at radius 1 is 1.00 bits per heavy atom. The Morgan fingerprint density at radius 3 is 2.23 bits per heavy atom. The van der Waals surface area contributed by atoms with Crippen molar-refractivity contribution in [1.82, 2.24) is 14.9 Å². The zero-order chi connectivity index (χ0) is 24.8. The molecule has 6 nitrogen and oxygen atoms in total. The van der Waals surface area contributed by atoms with Crippen molar-refractivity contribution < 1.29 is 14.7 Å². The molecule has 2 aliphatic rings. The number of fused-ring (bicyclic) bond motifs is 1. The van der Waals surface area contributed by atoms with Crippen LogP contribution in [-0.2, 0) is 11.2 Å². The first-order valence-electron chi connectivity index (χ1n) is 14.0. The standard InChI is InChI=1S/C29H43N3O3/c1-3-23(4-2)32-26-16-15-22(19-24(26)30-27(32)18-21-13-9-6-10-14-21)28(33)31-25(29(34)35)17-20-11-7-5-8-12-20/h15-16,19-21,23,25H,3-14,17-18H2,1-2H3,(H,31,33)(H,34,35)/t25-/m0/s1. The molecule has 1 heterocycles. The molecule has 2 aliphatic carbocycles. The van der Waals surface area contributed by atoms with Crippen molar-refractivity contribution in [3.8, 4) is 0 Å². The third-order valence-corrected chi connectivity index (χ3v) is 8.43. The highest BCUT2D eigenvalue weighted by molar-refractivity contribution is 5.99. The molecular formula is C29H43N3O3. The zero-order valence-electron chi connectivity index (χ0n) is 21.6. The van der Waals surface area contributed by atoms with Crippen LogP contribution in [0.25, 0.3) is 11.0 Å². The van der Waals surface area contributed by atoms with Crippen molar-refractivity contribution in [2.75, 3.05) is 0 Å². The highest BCUT2D eigenvalue weighted by Gasteiger charge is 2.27. The van der Waals surface area contributed by atoms with Gasteiger partial charge in [-0.2, -0.15) is 0 Å². The fourth-order valence-electron chi connectivity index (χ4n) is 6.36. The third-order valence-electron chi connectivity index (χ3n) is 8.43. The summed E-state index contributed by atoms with van der Waals surface area (Å²) in [5.41, 5.74) is 2.42. The molecule has 1 amide bonds. The van der Waals surface area contributed by atoms with Crippen LogP contribution in [0.2, 0.25) is 0 Å². The first kappa shape index (κ1) is 25.7. The van der Waals surface area contributed by atoms with Crippen LogP contribution in [0.1, 0.15) is 120 Å². The molecule has 0 saturated heterocycles. The topological polar surface area (TPSA) is 84.2 Å². The average molecular weight is 482 g/mol. The van der Waals surface area contributed by atoms with Gasteiger partial charge in [-0.1, -0.05) is 78.1 Å². The number of carbonyl (C=O) groups is 2. The Bertz CT molecular complexity index is 998. The number of carbonyl (C=O) groups excluding carboxylic acids is 1. The maximum Gasteiger partial charge on any atom is 0.326 e. The van der Waals surface area contributed by atoms with Gasteiger partial charge >= 0.3 is 5.97 Å². The van der Waals surface area contributed by atoms with Gasteiger partial charge in [0, 0.05) is 18.0 Å². The summed E-state index contributed by atoms with van der Waals surface area (Å²) >= 11 is 0. The maximum absolute atomic E-state index is 13.1. The molecule has 35 heavy (non-hydrogen) atoms. The number of aromatic nitrogens is 2. The molecule has 0 unspecified atom stereocenters. The Hall–Kier alpha value is -2.37. The summed E-state index contributed by atoms with van der Waals surface area (Å²) in [6, 6.07) is 5.25. The molecular weight excluding hydrogens is 438 g/mol. The quantitative estimate of drug-likeness (QED) is 0.397. The number of hydrogen-bond donors (Lipinski definition) is 2. The number of nitrogens with one attached hydrogen (secondary N) is 1. The Labute approximate surface area is 209 Å². The van der Waals surface area contributed by atoms with Crippen LogP contribution in [0.5, 0.6) is 0 Å². The predicted molar refractivity (Wildman–Crippen MR) is 140 cm³/mol. The van der Waals surface area contributed by atoms with Crippen molar-refractivity contribution in [2.24, 2.45) is 11.8 Å². The average Bonchev–Trinajstić information content (AvgIpc) is 3.22. The predicted octanol–water partition coefficient (Wildman–Crippen LogP) is 6.67. The van der Waals surface area contributed by atoms with Crippen LogP contribution in [0.3, 0.4) is 0 Å². The van der Waals surface area contributed by atoms with Gasteiger partial charge in [0.15, 0.2) is 0 Å². The second kappa shape index (κ2) is 12.0. The maximum atomic E-state index is 13.1. The third kappa shape index (κ3) is 6.25. The van der Waals surface area contributed by atoms with Gasteiger partial charge in [0.25, 0.3) is 5.91 Å². The van der Waals surface area contributed by atoms with E-state index in [9.17, 15) is 14.7 Å². The molecule has 0 radical (unpaired) electrons. The smallest absolute Gasteiger partial charge is 0.326 e. The first-order chi connectivity index (χ1) is 17.0. The van der Waals surface area contributed by atoms with Crippen LogP contribution in [0.15, 0.2) is 18.2 Å². The second-order valence-corrected chi connectivity index (χ2v) is 10.9. The largest absolute Gasteiger partial charge is 0.480 e. The number of carboxylic acids is 1. The van der Waals surface area contributed by atoms with Crippen molar-refractivity contribution >= 4 is 22.9 Å². The number of imidazole rings is 1. The Kier molecular flexibility index (Phi) is 8.85. The van der Waals surface area contributed by atoms with Crippen LogP contribution in [-0.4, -0.2) is 32.6 Å². The lowest BCUT2D eigenvalue weighted by Crippen LogP contribution is -2.42. The van der Waals surface area contributed by atoms with Gasteiger partial charge in [0.2, 0.25) is 0 Å². The van der Waals surface area contributed by atoms with Gasteiger partial charge in [-0.05, 0) is 49.3 Å². The molecule has 192 valence electrons. The van der Waals surface area contributed by atoms with E-state index in [0.717, 1.165) is 61.8 Å². The number of benzene rings is 1. The second-order valence-electron chi connectivity index (χ2n) is 10.9. The van der Waals surface area contributed by atoms with E-state index in [-0.39, 0.29) is 5.91 Å². The van der Waals surface area contributed by atoms with E-state index in [1.54, 1.807) is 0 Å². The van der Waals surface area contributed by atoms with Gasteiger partial charge in [0.05, 0.1) is 11.0 Å². The molecule has 1 aromatic heterocycles. The van der Waals surface area contributed by atoms with Crippen molar-refractivity contribution in [1.29, 1.82) is 0 Å². The molecule has 0 bridgehead atoms. The highest BCUT2D eigenvalue weighted by Crippen LogP contribution is 2.32. The minimum Gasteiger partial charge on any atom is -0.480 e. The summed E-state index contributed by atoms with van der Waals surface area (Å²) in [7, 11) is 0. The number of rotatable bonds is 10.